The number of hydrogen-bond acceptors (Lipinski definition) is 1. The van der Waals surface area contributed by atoms with Gasteiger partial charge in [0.05, 0.1) is 0 Å². The summed E-state index contributed by atoms with van der Waals surface area (Å²) in [6.07, 6.45) is 5.80. The second-order valence-electron chi connectivity index (χ2n) is 3.43. The van der Waals surface area contributed by atoms with E-state index in [1.54, 1.807) is 0 Å². The molecule has 1 aliphatic carbocycles. The third kappa shape index (κ3) is 3.37. The van der Waals surface area contributed by atoms with Gasteiger partial charge in [-0.1, -0.05) is 22.9 Å². The highest BCUT2D eigenvalue weighted by Crippen LogP contribution is 2.50. The zero-order chi connectivity index (χ0) is 8.16. The Bertz CT molecular complexity index is 110. The van der Waals surface area contributed by atoms with Crippen LogP contribution in [-0.4, -0.2) is 16.8 Å². The van der Waals surface area contributed by atoms with Gasteiger partial charge >= 0.3 is 0 Å². The first-order chi connectivity index (χ1) is 5.33. The monoisotopic (exact) mass is 236 g/mol. The van der Waals surface area contributed by atoms with E-state index in [0.29, 0.717) is 0 Å². The zero-order valence-corrected chi connectivity index (χ0v) is 9.64. The van der Waals surface area contributed by atoms with Crippen LogP contribution >= 0.6 is 27.7 Å². The number of alkyl halides is 1. The predicted octanol–water partition coefficient (Wildman–Crippen LogP) is 3.69. The first-order valence-corrected chi connectivity index (χ1v) is 6.74. The van der Waals surface area contributed by atoms with E-state index in [9.17, 15) is 0 Å². The maximum absolute atomic E-state index is 3.60. The molecular weight excluding hydrogens is 220 g/mol. The van der Waals surface area contributed by atoms with Gasteiger partial charge in [-0.15, -0.1) is 0 Å². The highest BCUT2D eigenvalue weighted by Gasteiger charge is 2.40. The van der Waals surface area contributed by atoms with Crippen LogP contribution in [0.25, 0.3) is 0 Å². The Morgan fingerprint density at radius 3 is 2.64 bits per heavy atom. The second kappa shape index (κ2) is 4.76. The van der Waals surface area contributed by atoms with Crippen LogP contribution in [0.5, 0.6) is 0 Å². The van der Waals surface area contributed by atoms with Crippen molar-refractivity contribution < 1.29 is 0 Å². The predicted molar refractivity (Wildman–Crippen MR) is 57.7 cm³/mol. The van der Waals surface area contributed by atoms with Crippen molar-refractivity contribution >= 4 is 27.7 Å². The molecule has 0 aliphatic heterocycles. The molecule has 2 heteroatoms. The summed E-state index contributed by atoms with van der Waals surface area (Å²) in [5, 5.41) is 1.23. The molecule has 1 aliphatic rings. The molecule has 0 aromatic rings. The van der Waals surface area contributed by atoms with E-state index in [1.807, 2.05) is 0 Å². The van der Waals surface area contributed by atoms with Crippen molar-refractivity contribution in [2.45, 2.75) is 32.6 Å². The van der Waals surface area contributed by atoms with E-state index in [1.165, 1.54) is 42.5 Å². The summed E-state index contributed by atoms with van der Waals surface area (Å²) in [4.78, 5) is 0. The van der Waals surface area contributed by atoms with E-state index in [-0.39, 0.29) is 0 Å². The summed E-state index contributed by atoms with van der Waals surface area (Å²) in [5.74, 6) is 2.65. The fourth-order valence-corrected chi connectivity index (χ4v) is 2.80. The first kappa shape index (κ1) is 9.91. The van der Waals surface area contributed by atoms with Crippen molar-refractivity contribution in [3.63, 3.8) is 0 Å². The molecule has 0 bridgehead atoms. The molecule has 0 heterocycles. The third-order valence-corrected chi connectivity index (χ3v) is 4.62. The molecule has 0 spiro atoms. The molecule has 66 valence electrons. The molecule has 11 heavy (non-hydrogen) atoms. The molecule has 0 saturated heterocycles. The van der Waals surface area contributed by atoms with Gasteiger partial charge < -0.3 is 0 Å². The van der Waals surface area contributed by atoms with Crippen LogP contribution in [0.4, 0.5) is 0 Å². The lowest BCUT2D eigenvalue weighted by Crippen LogP contribution is -2.01. The van der Waals surface area contributed by atoms with Crippen LogP contribution in [0.1, 0.15) is 32.6 Å². The summed E-state index contributed by atoms with van der Waals surface area (Å²) < 4.78 is 0. The van der Waals surface area contributed by atoms with E-state index in [2.05, 4.69) is 34.6 Å². The van der Waals surface area contributed by atoms with Gasteiger partial charge in [0, 0.05) is 5.33 Å². The SMILES string of the molecule is CCSCCCC1(CBr)CC1. The lowest BCUT2D eigenvalue weighted by Gasteiger charge is -2.09. The number of rotatable bonds is 6. The Balaban J connectivity index is 1.94. The zero-order valence-electron chi connectivity index (χ0n) is 7.24. The number of halogens is 1. The van der Waals surface area contributed by atoms with Crippen molar-refractivity contribution in [3.8, 4) is 0 Å². The molecule has 0 nitrogen and oxygen atoms in total. The summed E-state index contributed by atoms with van der Waals surface area (Å²) in [6, 6.07) is 0. The highest BCUT2D eigenvalue weighted by molar-refractivity contribution is 9.09. The average Bonchev–Trinajstić information content (AvgIpc) is 2.80. The van der Waals surface area contributed by atoms with Crippen molar-refractivity contribution in [2.75, 3.05) is 16.8 Å². The van der Waals surface area contributed by atoms with Gasteiger partial charge in [0.2, 0.25) is 0 Å². The Morgan fingerprint density at radius 2 is 2.18 bits per heavy atom. The summed E-state index contributed by atoms with van der Waals surface area (Å²) >= 11 is 5.67. The van der Waals surface area contributed by atoms with Gasteiger partial charge in [-0.3, -0.25) is 0 Å². The van der Waals surface area contributed by atoms with Crippen molar-refractivity contribution in [1.82, 2.24) is 0 Å². The van der Waals surface area contributed by atoms with E-state index in [0.717, 1.165) is 5.41 Å². The molecular formula is C9H17BrS. The third-order valence-electron chi connectivity index (χ3n) is 2.44. The summed E-state index contributed by atoms with van der Waals surface area (Å²) in [6.45, 7) is 2.24. The Labute approximate surface area is 82.6 Å². The number of hydrogen-bond donors (Lipinski definition) is 0. The van der Waals surface area contributed by atoms with Gasteiger partial charge in [-0.25, -0.2) is 0 Å². The lowest BCUT2D eigenvalue weighted by atomic mass is 10.0. The molecule has 0 unspecified atom stereocenters. The molecule has 0 aromatic carbocycles. The quantitative estimate of drug-likeness (QED) is 0.501. The van der Waals surface area contributed by atoms with Gasteiger partial charge in [-0.2, -0.15) is 11.8 Å². The second-order valence-corrected chi connectivity index (χ2v) is 5.39. The Morgan fingerprint density at radius 1 is 1.45 bits per heavy atom. The average molecular weight is 237 g/mol. The normalized spacial score (nSPS) is 20.2. The molecule has 0 amide bonds. The van der Waals surface area contributed by atoms with Crippen LogP contribution in [0.15, 0.2) is 0 Å². The maximum atomic E-state index is 3.60. The minimum atomic E-state index is 0.744. The minimum absolute atomic E-state index is 0.744. The molecule has 0 aromatic heterocycles. The molecule has 0 radical (unpaired) electrons. The fourth-order valence-electron chi connectivity index (χ4n) is 1.32. The van der Waals surface area contributed by atoms with Crippen molar-refractivity contribution in [3.05, 3.63) is 0 Å². The Hall–Kier alpha value is 0.830. The van der Waals surface area contributed by atoms with Gasteiger partial charge in [0.25, 0.3) is 0 Å². The van der Waals surface area contributed by atoms with E-state index < -0.39 is 0 Å². The minimum Gasteiger partial charge on any atom is -0.162 e. The largest absolute Gasteiger partial charge is 0.162 e. The first-order valence-electron chi connectivity index (χ1n) is 4.47. The molecule has 0 N–H and O–H groups in total. The van der Waals surface area contributed by atoms with Gasteiger partial charge in [-0.05, 0) is 42.6 Å². The smallest absolute Gasteiger partial charge is 0.00879 e. The van der Waals surface area contributed by atoms with E-state index in [4.69, 9.17) is 0 Å². The van der Waals surface area contributed by atoms with Crippen LogP contribution < -0.4 is 0 Å². The topological polar surface area (TPSA) is 0 Å². The van der Waals surface area contributed by atoms with Crippen LogP contribution in [0, 0.1) is 5.41 Å². The van der Waals surface area contributed by atoms with Crippen LogP contribution in [0.2, 0.25) is 0 Å². The number of thioether (sulfide) groups is 1. The van der Waals surface area contributed by atoms with Crippen molar-refractivity contribution in [1.29, 1.82) is 0 Å². The van der Waals surface area contributed by atoms with E-state index >= 15 is 0 Å². The lowest BCUT2D eigenvalue weighted by molar-refractivity contribution is 0.526. The molecule has 1 rings (SSSR count). The summed E-state index contributed by atoms with van der Waals surface area (Å²) in [5.41, 5.74) is 0.744. The fraction of sp³-hybridized carbons (Fsp3) is 1.00. The van der Waals surface area contributed by atoms with Crippen molar-refractivity contribution in [2.24, 2.45) is 5.41 Å². The van der Waals surface area contributed by atoms with Gasteiger partial charge in [0.15, 0.2) is 0 Å². The maximum Gasteiger partial charge on any atom is 0.00879 e. The molecule has 0 atom stereocenters. The molecule has 1 fully saturated rings. The highest BCUT2D eigenvalue weighted by atomic mass is 79.9. The molecule has 1 saturated carbocycles. The van der Waals surface area contributed by atoms with Crippen LogP contribution in [-0.2, 0) is 0 Å². The Kier molecular flexibility index (Phi) is 4.29. The standard InChI is InChI=1S/C9H17BrS/c1-2-11-7-3-4-9(8-10)5-6-9/h2-8H2,1H3. The van der Waals surface area contributed by atoms with Gasteiger partial charge in [0.1, 0.15) is 0 Å². The summed E-state index contributed by atoms with van der Waals surface area (Å²) in [7, 11) is 0. The van der Waals surface area contributed by atoms with Crippen LogP contribution in [0.3, 0.4) is 0 Å².